The number of amides is 1. The highest BCUT2D eigenvalue weighted by molar-refractivity contribution is 7.89. The normalized spacial score (nSPS) is 17.1. The van der Waals surface area contributed by atoms with Gasteiger partial charge in [0.15, 0.2) is 0 Å². The maximum Gasteiger partial charge on any atom is 0.254 e. The molecular weight excluding hydrogens is 335 g/mol. The monoisotopic (exact) mass is 350 g/mol. The zero-order chi connectivity index (χ0) is 15.8. The van der Waals surface area contributed by atoms with Crippen molar-refractivity contribution in [1.29, 1.82) is 0 Å². The molecule has 0 saturated heterocycles. The molecule has 1 aliphatic carbocycles. The largest absolute Gasteiger partial charge is 0.349 e. The van der Waals surface area contributed by atoms with Gasteiger partial charge in [-0.25, -0.2) is 13.6 Å². The van der Waals surface area contributed by atoms with Crippen molar-refractivity contribution in [3.63, 3.8) is 0 Å². The Bertz CT molecular complexity index is 672. The first kappa shape index (κ1) is 16.5. The Morgan fingerprint density at radius 3 is 2.48 bits per heavy atom. The Morgan fingerprint density at radius 2 is 2.00 bits per heavy atom. The van der Waals surface area contributed by atoms with Crippen LogP contribution in [0.15, 0.2) is 17.0 Å². The first-order valence-electron chi connectivity index (χ1n) is 6.53. The van der Waals surface area contributed by atoms with E-state index < -0.39 is 15.9 Å². The molecule has 1 aliphatic rings. The van der Waals surface area contributed by atoms with Crippen LogP contribution in [0.5, 0.6) is 0 Å². The molecule has 116 valence electrons. The van der Waals surface area contributed by atoms with Crippen LogP contribution in [0, 0.1) is 5.92 Å². The van der Waals surface area contributed by atoms with Crippen LogP contribution in [-0.2, 0) is 10.0 Å². The van der Waals surface area contributed by atoms with E-state index in [4.69, 9.17) is 28.3 Å². The second-order valence-corrected chi connectivity index (χ2v) is 7.55. The molecular formula is C13H16Cl2N2O3S. The summed E-state index contributed by atoms with van der Waals surface area (Å²) in [7, 11) is -4.02. The fourth-order valence-corrected chi connectivity index (χ4v) is 3.77. The second-order valence-electron chi connectivity index (χ2n) is 5.23. The zero-order valence-electron chi connectivity index (χ0n) is 11.4. The van der Waals surface area contributed by atoms with Gasteiger partial charge in [-0.15, -0.1) is 0 Å². The van der Waals surface area contributed by atoms with Crippen molar-refractivity contribution in [2.24, 2.45) is 11.1 Å². The predicted octanol–water partition coefficient (Wildman–Crippen LogP) is 2.56. The van der Waals surface area contributed by atoms with Crippen LogP contribution >= 0.6 is 23.2 Å². The van der Waals surface area contributed by atoms with Crippen molar-refractivity contribution in [3.05, 3.63) is 27.7 Å². The van der Waals surface area contributed by atoms with Crippen LogP contribution in [0.4, 0.5) is 0 Å². The van der Waals surface area contributed by atoms with Crippen molar-refractivity contribution in [2.45, 2.75) is 37.1 Å². The number of benzene rings is 1. The molecule has 21 heavy (non-hydrogen) atoms. The van der Waals surface area contributed by atoms with E-state index in [1.165, 1.54) is 12.1 Å². The number of hydrogen-bond acceptors (Lipinski definition) is 3. The van der Waals surface area contributed by atoms with Crippen molar-refractivity contribution in [2.75, 3.05) is 0 Å². The van der Waals surface area contributed by atoms with Crippen LogP contribution in [0.2, 0.25) is 10.0 Å². The summed E-state index contributed by atoms with van der Waals surface area (Å²) in [4.78, 5) is 12.0. The van der Waals surface area contributed by atoms with E-state index in [1.807, 2.05) is 6.92 Å². The number of hydrogen-bond donors (Lipinski definition) is 2. The number of carbonyl (C=O) groups is 1. The Kier molecular flexibility index (Phi) is 4.82. The highest BCUT2D eigenvalue weighted by Gasteiger charge is 2.28. The maximum atomic E-state index is 12.3. The number of halogens is 2. The highest BCUT2D eigenvalue weighted by atomic mass is 35.5. The van der Waals surface area contributed by atoms with E-state index in [2.05, 4.69) is 5.32 Å². The third-order valence-electron chi connectivity index (χ3n) is 3.80. The lowest BCUT2D eigenvalue weighted by molar-refractivity contribution is 0.0909. The summed E-state index contributed by atoms with van der Waals surface area (Å²) in [6, 6.07) is 2.47. The summed E-state index contributed by atoms with van der Waals surface area (Å²) >= 11 is 12.0. The van der Waals surface area contributed by atoms with Crippen molar-refractivity contribution in [1.82, 2.24) is 5.32 Å². The predicted molar refractivity (Wildman–Crippen MR) is 82.1 cm³/mol. The molecule has 0 aromatic heterocycles. The van der Waals surface area contributed by atoms with Crippen LogP contribution < -0.4 is 10.5 Å². The topological polar surface area (TPSA) is 89.3 Å². The summed E-state index contributed by atoms with van der Waals surface area (Å²) in [5.74, 6) is -0.0529. The van der Waals surface area contributed by atoms with Gasteiger partial charge in [0, 0.05) is 6.04 Å². The number of rotatable bonds is 4. The molecule has 1 amide bonds. The van der Waals surface area contributed by atoms with Gasteiger partial charge in [-0.3, -0.25) is 4.79 Å². The van der Waals surface area contributed by atoms with Gasteiger partial charge in [0.05, 0.1) is 15.6 Å². The molecule has 2 rings (SSSR count). The summed E-state index contributed by atoms with van der Waals surface area (Å²) in [6.07, 6.45) is 3.30. The molecule has 8 heteroatoms. The molecule has 1 fully saturated rings. The number of primary sulfonamides is 1. The summed E-state index contributed by atoms with van der Waals surface area (Å²) in [5, 5.41) is 7.73. The molecule has 5 nitrogen and oxygen atoms in total. The second kappa shape index (κ2) is 6.12. The molecule has 1 unspecified atom stereocenters. The minimum Gasteiger partial charge on any atom is -0.349 e. The lowest BCUT2D eigenvalue weighted by atomic mass is 9.80. The van der Waals surface area contributed by atoms with Crippen molar-refractivity contribution in [3.8, 4) is 0 Å². The van der Waals surface area contributed by atoms with E-state index >= 15 is 0 Å². The molecule has 1 saturated carbocycles. The number of sulfonamides is 1. The molecule has 0 spiro atoms. The summed E-state index contributed by atoms with van der Waals surface area (Å²) in [5.41, 5.74) is -0.0592. The lowest BCUT2D eigenvalue weighted by Crippen LogP contribution is -2.41. The fourth-order valence-electron chi connectivity index (χ4n) is 2.30. The maximum absolute atomic E-state index is 12.3. The molecule has 1 aromatic carbocycles. The zero-order valence-corrected chi connectivity index (χ0v) is 13.7. The van der Waals surface area contributed by atoms with E-state index in [9.17, 15) is 13.2 Å². The molecule has 0 radical (unpaired) electrons. The smallest absolute Gasteiger partial charge is 0.254 e. The van der Waals surface area contributed by atoms with Gasteiger partial charge in [-0.05, 0) is 37.8 Å². The Morgan fingerprint density at radius 1 is 1.38 bits per heavy atom. The molecule has 0 heterocycles. The standard InChI is InChI=1S/C13H16Cl2N2O3S/c1-7(8-3-2-4-8)17-13(18)11-9(14)5-6-10(12(11)15)21(16,19)20/h5-8H,2-4H2,1H3,(H,17,18)(H2,16,19,20). The average Bonchev–Trinajstić information content (AvgIpc) is 2.23. The Balaban J connectivity index is 2.31. The van der Waals surface area contributed by atoms with Gasteiger partial charge in [-0.2, -0.15) is 0 Å². The first-order chi connectivity index (χ1) is 9.71. The van der Waals surface area contributed by atoms with E-state index in [-0.39, 0.29) is 26.5 Å². The quantitative estimate of drug-likeness (QED) is 0.874. The van der Waals surface area contributed by atoms with Crippen molar-refractivity contribution >= 4 is 39.1 Å². The average molecular weight is 351 g/mol. The van der Waals surface area contributed by atoms with E-state index in [0.717, 1.165) is 19.3 Å². The molecule has 3 N–H and O–H groups in total. The number of nitrogens with one attached hydrogen (secondary N) is 1. The summed E-state index contributed by atoms with van der Waals surface area (Å²) in [6.45, 7) is 1.91. The van der Waals surface area contributed by atoms with Crippen LogP contribution in [0.1, 0.15) is 36.5 Å². The SMILES string of the molecule is CC(NC(=O)c1c(Cl)ccc(S(N)(=O)=O)c1Cl)C1CCC1. The minimum absolute atomic E-state index is 0.0171. The third kappa shape index (κ3) is 3.51. The first-order valence-corrected chi connectivity index (χ1v) is 8.83. The van der Waals surface area contributed by atoms with Gasteiger partial charge in [-0.1, -0.05) is 29.6 Å². The van der Waals surface area contributed by atoms with E-state index in [1.54, 1.807) is 0 Å². The van der Waals surface area contributed by atoms with Gasteiger partial charge < -0.3 is 5.32 Å². The molecule has 1 atom stereocenters. The van der Waals surface area contributed by atoms with Crippen LogP contribution in [0.25, 0.3) is 0 Å². The van der Waals surface area contributed by atoms with Crippen LogP contribution in [-0.4, -0.2) is 20.4 Å². The van der Waals surface area contributed by atoms with Gasteiger partial charge in [0.2, 0.25) is 10.0 Å². The highest BCUT2D eigenvalue weighted by Crippen LogP contribution is 2.32. The Hall–Kier alpha value is -0.820. The van der Waals surface area contributed by atoms with E-state index in [0.29, 0.717) is 5.92 Å². The third-order valence-corrected chi connectivity index (χ3v) is 5.58. The minimum atomic E-state index is -4.02. The molecule has 0 aliphatic heterocycles. The van der Waals surface area contributed by atoms with Crippen LogP contribution in [0.3, 0.4) is 0 Å². The summed E-state index contributed by atoms with van der Waals surface area (Å²) < 4.78 is 22.9. The van der Waals surface area contributed by atoms with Gasteiger partial charge >= 0.3 is 0 Å². The molecule has 1 aromatic rings. The van der Waals surface area contributed by atoms with Crippen molar-refractivity contribution < 1.29 is 13.2 Å². The number of nitrogens with two attached hydrogens (primary N) is 1. The number of carbonyl (C=O) groups excluding carboxylic acids is 1. The van der Waals surface area contributed by atoms with Gasteiger partial charge in [0.25, 0.3) is 5.91 Å². The van der Waals surface area contributed by atoms with Gasteiger partial charge in [0.1, 0.15) is 4.90 Å². The Labute approximate surface area is 133 Å². The molecule has 0 bridgehead atoms. The lowest BCUT2D eigenvalue weighted by Gasteiger charge is -2.32. The fraction of sp³-hybridized carbons (Fsp3) is 0.462.